The number of rotatable bonds is 2. The second-order valence-electron chi connectivity index (χ2n) is 4.89. The van der Waals surface area contributed by atoms with Gasteiger partial charge in [-0.05, 0) is 19.1 Å². The Labute approximate surface area is 118 Å². The smallest absolute Gasteiger partial charge is 0.258 e. The number of hydrogen-bond donors (Lipinski definition) is 1. The van der Waals surface area contributed by atoms with Gasteiger partial charge in [0.2, 0.25) is 0 Å². The van der Waals surface area contributed by atoms with Gasteiger partial charge >= 0.3 is 0 Å². The molecule has 0 radical (unpaired) electrons. The lowest BCUT2D eigenvalue weighted by Gasteiger charge is -2.33. The molecular weight excluding hydrogens is 280 g/mol. The Morgan fingerprint density at radius 1 is 1.45 bits per heavy atom. The molecule has 1 unspecified atom stereocenters. The highest BCUT2D eigenvalue weighted by Gasteiger charge is 2.32. The molecule has 1 fully saturated rings. The van der Waals surface area contributed by atoms with Crippen LogP contribution < -0.4 is 10.5 Å². The fraction of sp³-hybridized carbons (Fsp3) is 0.462. The molecular formula is C13H18N2O4S. The lowest BCUT2D eigenvalue weighted by atomic mass is 10.1. The number of benzene rings is 1. The fourth-order valence-electron chi connectivity index (χ4n) is 2.41. The summed E-state index contributed by atoms with van der Waals surface area (Å²) in [6.07, 6.45) is 0. The molecule has 0 bridgehead atoms. The average Bonchev–Trinajstić information content (AvgIpc) is 2.36. The summed E-state index contributed by atoms with van der Waals surface area (Å²) in [7, 11) is -1.60. The first-order valence-corrected chi connectivity index (χ1v) is 8.11. The Hall–Kier alpha value is -1.76. The van der Waals surface area contributed by atoms with Crippen LogP contribution >= 0.6 is 0 Å². The lowest BCUT2D eigenvalue weighted by Crippen LogP contribution is -2.49. The van der Waals surface area contributed by atoms with Crippen molar-refractivity contribution in [3.8, 4) is 5.75 Å². The molecule has 1 amide bonds. The fourth-order valence-corrected chi connectivity index (χ4v) is 3.96. The molecule has 1 aromatic carbocycles. The molecule has 2 rings (SSSR count). The summed E-state index contributed by atoms with van der Waals surface area (Å²) in [5, 5.41) is 0. The van der Waals surface area contributed by atoms with Crippen LogP contribution in [0, 0.1) is 0 Å². The van der Waals surface area contributed by atoms with Gasteiger partial charge in [0.05, 0.1) is 29.9 Å². The van der Waals surface area contributed by atoms with Crippen LogP contribution in [0.1, 0.15) is 17.3 Å². The van der Waals surface area contributed by atoms with Crippen LogP contribution in [0.2, 0.25) is 0 Å². The van der Waals surface area contributed by atoms with E-state index in [1.165, 1.54) is 7.11 Å². The third kappa shape index (κ3) is 2.72. The van der Waals surface area contributed by atoms with Crippen LogP contribution in [0.5, 0.6) is 5.75 Å². The molecule has 20 heavy (non-hydrogen) atoms. The molecule has 0 aromatic heterocycles. The highest BCUT2D eigenvalue weighted by Crippen LogP contribution is 2.28. The van der Waals surface area contributed by atoms with Crippen molar-refractivity contribution >= 4 is 21.4 Å². The predicted molar refractivity (Wildman–Crippen MR) is 76.6 cm³/mol. The van der Waals surface area contributed by atoms with E-state index in [1.54, 1.807) is 30.0 Å². The highest BCUT2D eigenvalue weighted by atomic mass is 32.2. The van der Waals surface area contributed by atoms with Gasteiger partial charge < -0.3 is 15.4 Å². The van der Waals surface area contributed by atoms with Crippen molar-refractivity contribution in [2.45, 2.75) is 13.0 Å². The van der Waals surface area contributed by atoms with Gasteiger partial charge in [-0.2, -0.15) is 0 Å². The normalized spacial score (nSPS) is 21.5. The second kappa shape index (κ2) is 5.32. The quantitative estimate of drug-likeness (QED) is 0.805. The van der Waals surface area contributed by atoms with Crippen LogP contribution in [0.3, 0.4) is 0 Å². The first-order valence-electron chi connectivity index (χ1n) is 6.29. The molecule has 0 saturated carbocycles. The van der Waals surface area contributed by atoms with E-state index in [0.717, 1.165) is 0 Å². The van der Waals surface area contributed by atoms with E-state index < -0.39 is 9.84 Å². The van der Waals surface area contributed by atoms with Gasteiger partial charge in [0, 0.05) is 12.6 Å². The number of anilines is 1. The molecule has 1 heterocycles. The maximum atomic E-state index is 12.5. The molecule has 1 aromatic rings. The SMILES string of the molecule is COc1c(N)cccc1C(=O)N1CCS(=O)(=O)CC1C. The number of nitrogens with two attached hydrogens (primary N) is 1. The maximum Gasteiger partial charge on any atom is 0.258 e. The van der Waals surface area contributed by atoms with E-state index in [1.807, 2.05) is 0 Å². The van der Waals surface area contributed by atoms with E-state index in [-0.39, 0.29) is 30.0 Å². The van der Waals surface area contributed by atoms with E-state index in [9.17, 15) is 13.2 Å². The van der Waals surface area contributed by atoms with Gasteiger partial charge in [0.25, 0.3) is 5.91 Å². The van der Waals surface area contributed by atoms with Crippen LogP contribution in [0.15, 0.2) is 18.2 Å². The summed E-state index contributed by atoms with van der Waals surface area (Å²) in [6.45, 7) is 1.92. The van der Waals surface area contributed by atoms with Gasteiger partial charge in [-0.3, -0.25) is 4.79 Å². The minimum atomic E-state index is -3.05. The molecule has 0 aliphatic carbocycles. The molecule has 6 nitrogen and oxygen atoms in total. The zero-order valence-corrected chi connectivity index (χ0v) is 12.3. The monoisotopic (exact) mass is 298 g/mol. The van der Waals surface area contributed by atoms with Crippen LogP contribution in [0.4, 0.5) is 5.69 Å². The summed E-state index contributed by atoms with van der Waals surface area (Å²) in [5.74, 6) is 0.0616. The number of nitrogens with zero attached hydrogens (tertiary/aromatic N) is 1. The molecule has 2 N–H and O–H groups in total. The van der Waals surface area contributed by atoms with Crippen LogP contribution in [0.25, 0.3) is 0 Å². The third-order valence-corrected chi connectivity index (χ3v) is 5.21. The van der Waals surface area contributed by atoms with Gasteiger partial charge in [-0.1, -0.05) is 6.07 Å². The number of methoxy groups -OCH3 is 1. The zero-order chi connectivity index (χ0) is 14.9. The maximum absolute atomic E-state index is 12.5. The minimum Gasteiger partial charge on any atom is -0.494 e. The Morgan fingerprint density at radius 2 is 2.15 bits per heavy atom. The summed E-state index contributed by atoms with van der Waals surface area (Å²) in [5.41, 5.74) is 6.53. The van der Waals surface area contributed by atoms with Crippen molar-refractivity contribution in [1.29, 1.82) is 0 Å². The Kier molecular flexibility index (Phi) is 3.89. The van der Waals surface area contributed by atoms with Crippen molar-refractivity contribution in [3.63, 3.8) is 0 Å². The number of carbonyl (C=O) groups is 1. The molecule has 1 aliphatic heterocycles. The van der Waals surface area contributed by atoms with Crippen molar-refractivity contribution in [2.75, 3.05) is 30.9 Å². The lowest BCUT2D eigenvalue weighted by molar-refractivity contribution is 0.0709. The van der Waals surface area contributed by atoms with Crippen molar-refractivity contribution in [2.24, 2.45) is 0 Å². The summed E-state index contributed by atoms with van der Waals surface area (Å²) < 4.78 is 28.3. The topological polar surface area (TPSA) is 89.7 Å². The van der Waals surface area contributed by atoms with E-state index in [0.29, 0.717) is 17.0 Å². The first-order chi connectivity index (χ1) is 9.35. The number of para-hydroxylation sites is 1. The average molecular weight is 298 g/mol. The summed E-state index contributed by atoms with van der Waals surface area (Å²) >= 11 is 0. The molecule has 0 spiro atoms. The van der Waals surface area contributed by atoms with Gasteiger partial charge in [-0.25, -0.2) is 8.42 Å². The number of carbonyl (C=O) groups excluding carboxylic acids is 1. The summed E-state index contributed by atoms with van der Waals surface area (Å²) in [6, 6.07) is 4.61. The minimum absolute atomic E-state index is 0.00624. The van der Waals surface area contributed by atoms with E-state index in [4.69, 9.17) is 10.5 Å². The second-order valence-corrected chi connectivity index (χ2v) is 7.12. The number of nitrogen functional groups attached to an aromatic ring is 1. The summed E-state index contributed by atoms with van der Waals surface area (Å²) in [4.78, 5) is 14.1. The van der Waals surface area contributed by atoms with Crippen LogP contribution in [-0.4, -0.2) is 50.4 Å². The molecule has 1 atom stereocenters. The van der Waals surface area contributed by atoms with Crippen LogP contribution in [-0.2, 0) is 9.84 Å². The Bertz CT molecular complexity index is 627. The molecule has 1 aliphatic rings. The first kappa shape index (κ1) is 14.6. The van der Waals surface area contributed by atoms with Gasteiger partial charge in [0.15, 0.2) is 15.6 Å². The number of sulfone groups is 1. The standard InChI is InChI=1S/C13H18N2O4S/c1-9-8-20(17,18)7-6-15(9)13(16)10-4-3-5-11(14)12(10)19-2/h3-5,9H,6-8,14H2,1-2H3. The van der Waals surface area contributed by atoms with Gasteiger partial charge in [0.1, 0.15) is 0 Å². The number of amides is 1. The molecule has 7 heteroatoms. The Morgan fingerprint density at radius 3 is 2.75 bits per heavy atom. The largest absolute Gasteiger partial charge is 0.494 e. The van der Waals surface area contributed by atoms with Crippen molar-refractivity contribution < 1.29 is 17.9 Å². The Balaban J connectivity index is 2.31. The number of ether oxygens (including phenoxy) is 1. The highest BCUT2D eigenvalue weighted by molar-refractivity contribution is 7.91. The molecule has 110 valence electrons. The van der Waals surface area contributed by atoms with E-state index in [2.05, 4.69) is 0 Å². The predicted octanol–water partition coefficient (Wildman–Crippen LogP) is 0.537. The van der Waals surface area contributed by atoms with Gasteiger partial charge in [-0.15, -0.1) is 0 Å². The third-order valence-electron chi connectivity index (χ3n) is 3.41. The zero-order valence-electron chi connectivity index (χ0n) is 11.5. The number of hydrogen-bond acceptors (Lipinski definition) is 5. The van der Waals surface area contributed by atoms with Crippen molar-refractivity contribution in [1.82, 2.24) is 4.90 Å². The van der Waals surface area contributed by atoms with Crippen molar-refractivity contribution in [3.05, 3.63) is 23.8 Å². The molecule has 1 saturated heterocycles. The van der Waals surface area contributed by atoms with E-state index >= 15 is 0 Å².